The molecule has 1 amide bonds. The molecule has 1 aromatic carbocycles. The van der Waals surface area contributed by atoms with Crippen molar-refractivity contribution in [3.63, 3.8) is 0 Å². The number of hydrogen-bond donors (Lipinski definition) is 1. The maximum atomic E-state index is 12.9. The fourth-order valence-electron chi connectivity index (χ4n) is 6.24. The summed E-state index contributed by atoms with van der Waals surface area (Å²) in [5.74, 6) is 2.20. The minimum absolute atomic E-state index is 0.143. The summed E-state index contributed by atoms with van der Waals surface area (Å²) in [6.07, 6.45) is 2.55. The highest BCUT2D eigenvalue weighted by Crippen LogP contribution is 2.37. The zero-order valence-corrected chi connectivity index (χ0v) is 21.8. The molecule has 4 aliphatic rings. The van der Waals surface area contributed by atoms with Gasteiger partial charge in [-0.3, -0.25) is 9.62 Å². The van der Waals surface area contributed by atoms with Gasteiger partial charge in [0.25, 0.3) is 0 Å². The molecule has 4 saturated heterocycles. The molecule has 4 atom stereocenters. The van der Waals surface area contributed by atoms with E-state index in [-0.39, 0.29) is 11.8 Å². The summed E-state index contributed by atoms with van der Waals surface area (Å²) in [7, 11) is -3.44. The average molecular weight is 535 g/mol. The van der Waals surface area contributed by atoms with Gasteiger partial charge in [0, 0.05) is 69.9 Å². The minimum Gasteiger partial charge on any atom is -0.381 e. The van der Waals surface area contributed by atoms with Gasteiger partial charge in [0.05, 0.1) is 30.2 Å². The Hall–Kier alpha value is -2.34. The van der Waals surface area contributed by atoms with Crippen molar-refractivity contribution in [2.45, 2.75) is 6.54 Å². The second-order valence-electron chi connectivity index (χ2n) is 10.7. The molecule has 6 rings (SSSR count). The Kier molecular flexibility index (Phi) is 6.14. The number of halogens is 1. The summed E-state index contributed by atoms with van der Waals surface area (Å²) in [5.41, 5.74) is 2.39. The van der Waals surface area contributed by atoms with Crippen LogP contribution in [0.5, 0.6) is 0 Å². The topological polar surface area (TPSA) is 100 Å². The van der Waals surface area contributed by atoms with Gasteiger partial charge in [0.15, 0.2) is 5.82 Å². The zero-order valence-electron chi connectivity index (χ0n) is 20.2. The Bertz CT molecular complexity index is 1240. The van der Waals surface area contributed by atoms with Crippen molar-refractivity contribution in [2.75, 3.05) is 68.4 Å². The van der Waals surface area contributed by atoms with Crippen molar-refractivity contribution in [1.29, 1.82) is 0 Å². The highest BCUT2D eigenvalue weighted by Gasteiger charge is 2.42. The summed E-state index contributed by atoms with van der Waals surface area (Å²) in [4.78, 5) is 19.6. The highest BCUT2D eigenvalue weighted by molar-refractivity contribution is 7.92. The first kappa shape index (κ1) is 24.0. The van der Waals surface area contributed by atoms with Crippen LogP contribution >= 0.6 is 11.6 Å². The second kappa shape index (κ2) is 9.20. The molecule has 12 heteroatoms. The number of carbonyl (C=O) groups excluding carboxylic acids is 1. The normalized spacial score (nSPS) is 28.1. The van der Waals surface area contributed by atoms with Crippen molar-refractivity contribution < 1.29 is 17.9 Å². The number of carbonyl (C=O) groups is 1. The summed E-state index contributed by atoms with van der Waals surface area (Å²) in [6, 6.07) is 7.65. The lowest BCUT2D eigenvalue weighted by atomic mass is 10.0. The number of hydrogen-bond acceptors (Lipinski definition) is 7. The molecule has 0 aliphatic carbocycles. The third kappa shape index (κ3) is 4.81. The van der Waals surface area contributed by atoms with Crippen molar-refractivity contribution in [1.82, 2.24) is 19.6 Å². The Balaban J connectivity index is 1.05. The van der Waals surface area contributed by atoms with E-state index in [9.17, 15) is 13.2 Å². The Morgan fingerprint density at radius 2 is 1.75 bits per heavy atom. The molecule has 1 aromatic heterocycles. The number of nitrogens with one attached hydrogen (secondary N) is 1. The lowest BCUT2D eigenvalue weighted by Crippen LogP contribution is -2.36. The van der Waals surface area contributed by atoms with Crippen molar-refractivity contribution in [3.8, 4) is 0 Å². The van der Waals surface area contributed by atoms with Crippen LogP contribution in [0, 0.1) is 23.7 Å². The summed E-state index contributed by atoms with van der Waals surface area (Å²) in [5, 5.41) is 4.88. The van der Waals surface area contributed by atoms with E-state index >= 15 is 0 Å². The van der Waals surface area contributed by atoms with Crippen LogP contribution in [0.1, 0.15) is 5.56 Å². The van der Waals surface area contributed by atoms with Gasteiger partial charge in [0.1, 0.15) is 0 Å². The number of benzene rings is 1. The molecule has 0 bridgehead atoms. The Morgan fingerprint density at radius 1 is 1.06 bits per heavy atom. The van der Waals surface area contributed by atoms with Gasteiger partial charge in [0.2, 0.25) is 10.0 Å². The fraction of sp³-hybridized carbons (Fsp3) is 0.583. The maximum Gasteiger partial charge on any atom is 0.344 e. The molecule has 1 N–H and O–H groups in total. The summed E-state index contributed by atoms with van der Waals surface area (Å²) in [6.45, 7) is 7.84. The fourth-order valence-corrected chi connectivity index (χ4v) is 6.96. The van der Waals surface area contributed by atoms with E-state index in [1.807, 2.05) is 11.0 Å². The first-order chi connectivity index (χ1) is 17.2. The molecule has 36 heavy (non-hydrogen) atoms. The molecular weight excluding hydrogens is 504 g/mol. The van der Waals surface area contributed by atoms with E-state index in [0.717, 1.165) is 62.9 Å². The molecule has 0 radical (unpaired) electrons. The predicted octanol–water partition coefficient (Wildman–Crippen LogP) is 2.02. The van der Waals surface area contributed by atoms with E-state index in [1.165, 1.54) is 22.5 Å². The lowest BCUT2D eigenvalue weighted by molar-refractivity contribution is 0.177. The van der Waals surface area contributed by atoms with Crippen LogP contribution in [0.3, 0.4) is 0 Å². The van der Waals surface area contributed by atoms with E-state index in [0.29, 0.717) is 36.8 Å². The summed E-state index contributed by atoms with van der Waals surface area (Å²) < 4.78 is 31.9. The molecule has 4 unspecified atom stereocenters. The van der Waals surface area contributed by atoms with Gasteiger partial charge < -0.3 is 14.5 Å². The molecule has 0 saturated carbocycles. The van der Waals surface area contributed by atoms with Crippen LogP contribution in [0.2, 0.25) is 5.02 Å². The van der Waals surface area contributed by atoms with Crippen LogP contribution in [-0.2, 0) is 21.3 Å². The highest BCUT2D eigenvalue weighted by atomic mass is 35.5. The first-order valence-electron chi connectivity index (χ1n) is 12.4. The smallest absolute Gasteiger partial charge is 0.344 e. The number of nitrogens with zero attached hydrogens (tertiary/aromatic N) is 5. The Morgan fingerprint density at radius 3 is 2.42 bits per heavy atom. The third-order valence-electron chi connectivity index (χ3n) is 7.91. The zero-order chi connectivity index (χ0) is 25.0. The van der Waals surface area contributed by atoms with Gasteiger partial charge in [-0.15, -0.1) is 5.10 Å². The molecule has 4 aliphatic heterocycles. The van der Waals surface area contributed by atoms with E-state index in [1.54, 1.807) is 0 Å². The monoisotopic (exact) mass is 534 g/mol. The second-order valence-corrected chi connectivity index (χ2v) is 12.8. The maximum absolute atomic E-state index is 12.9. The average Bonchev–Trinajstić information content (AvgIpc) is 3.59. The number of amides is 1. The van der Waals surface area contributed by atoms with Gasteiger partial charge >= 0.3 is 6.03 Å². The molecule has 194 valence electrons. The van der Waals surface area contributed by atoms with Crippen molar-refractivity contribution >= 4 is 39.2 Å². The largest absolute Gasteiger partial charge is 0.381 e. The molecule has 5 heterocycles. The number of sulfonamides is 1. The van der Waals surface area contributed by atoms with Crippen LogP contribution < -0.4 is 9.62 Å². The number of fused-ring (bicyclic) bond motifs is 2. The van der Waals surface area contributed by atoms with E-state index < -0.39 is 10.0 Å². The first-order valence-corrected chi connectivity index (χ1v) is 14.6. The quantitative estimate of drug-likeness (QED) is 0.626. The minimum atomic E-state index is -3.44. The molecule has 2 aromatic rings. The lowest BCUT2D eigenvalue weighted by Gasteiger charge is -2.24. The van der Waals surface area contributed by atoms with Crippen molar-refractivity contribution in [2.24, 2.45) is 23.7 Å². The van der Waals surface area contributed by atoms with Gasteiger partial charge in [-0.2, -0.15) is 4.68 Å². The molecule has 0 spiro atoms. The number of ether oxygens (including phenoxy) is 1. The number of anilines is 2. The van der Waals surface area contributed by atoms with E-state index in [4.69, 9.17) is 16.3 Å². The SMILES string of the molecule is CS(=O)(=O)Nc1ccn(C(=O)N2CC3CN(Cc4ccc(Cl)c(N5CC6COCC6C5)c4)CC3C2)n1. The van der Waals surface area contributed by atoms with Crippen LogP contribution in [0.15, 0.2) is 30.5 Å². The number of aromatic nitrogens is 2. The number of rotatable bonds is 5. The molecule has 10 nitrogen and oxygen atoms in total. The van der Waals surface area contributed by atoms with Gasteiger partial charge in [-0.05, 0) is 29.5 Å². The molecule has 4 fully saturated rings. The standard InChI is InChI=1S/C24H31ClN6O4S/c1-36(33,34)27-23-4-5-31(26-23)24(32)30-10-17-8-28(9-18(17)11-30)7-16-2-3-21(25)22(6-16)29-12-19-14-35-15-20(19)13-29/h2-6,17-20H,7-15H2,1H3,(H,26,27). The van der Waals surface area contributed by atoms with Crippen LogP contribution in [0.4, 0.5) is 16.3 Å². The predicted molar refractivity (Wildman–Crippen MR) is 137 cm³/mol. The van der Waals surface area contributed by atoms with Crippen molar-refractivity contribution in [3.05, 3.63) is 41.0 Å². The summed E-state index contributed by atoms with van der Waals surface area (Å²) >= 11 is 6.59. The van der Waals surface area contributed by atoms with Crippen LogP contribution in [-0.4, -0.2) is 92.8 Å². The number of likely N-dealkylation sites (tertiary alicyclic amines) is 2. The third-order valence-corrected chi connectivity index (χ3v) is 8.80. The van der Waals surface area contributed by atoms with Crippen LogP contribution in [0.25, 0.3) is 0 Å². The van der Waals surface area contributed by atoms with E-state index in [2.05, 4.69) is 31.8 Å². The van der Waals surface area contributed by atoms with Gasteiger partial charge in [-0.25, -0.2) is 13.2 Å². The molecular formula is C24H31ClN6O4S. The Labute approximate surface area is 216 Å². The van der Waals surface area contributed by atoms with Gasteiger partial charge in [-0.1, -0.05) is 17.7 Å².